The minimum Gasteiger partial charge on any atom is -0.482 e. The van der Waals surface area contributed by atoms with Gasteiger partial charge in [0.2, 0.25) is 0 Å². The monoisotopic (exact) mass is 334 g/mol. The molecule has 1 aromatic heterocycles. The molecule has 0 fully saturated rings. The van der Waals surface area contributed by atoms with Gasteiger partial charge in [-0.05, 0) is 38.5 Å². The van der Waals surface area contributed by atoms with E-state index in [0.717, 1.165) is 15.4 Å². The number of carbonyl (C=O) groups excluding carboxylic acids is 1. The third-order valence-electron chi connectivity index (χ3n) is 3.21. The number of amides is 1. The molecule has 1 unspecified atom stereocenters. The number of rotatable bonds is 6. The van der Waals surface area contributed by atoms with Crippen molar-refractivity contribution in [2.24, 2.45) is 0 Å². The van der Waals surface area contributed by atoms with Crippen molar-refractivity contribution in [3.05, 3.63) is 45.4 Å². The average molecular weight is 334 g/mol. The molecule has 23 heavy (non-hydrogen) atoms. The quantitative estimate of drug-likeness (QED) is 0.848. The Labute approximate surface area is 138 Å². The maximum atomic E-state index is 12.3. The van der Waals surface area contributed by atoms with E-state index >= 15 is 0 Å². The third-order valence-corrected chi connectivity index (χ3v) is 4.09. The SMILES string of the molecule is Cc1nc(C(=O)NC(C)c2ccc(OCC(=O)O)cc2)c(C)s1. The zero-order chi connectivity index (χ0) is 17.0. The van der Waals surface area contributed by atoms with Gasteiger partial charge >= 0.3 is 5.97 Å². The molecular formula is C16H18N2O4S. The first-order valence-corrected chi connectivity index (χ1v) is 7.88. The summed E-state index contributed by atoms with van der Waals surface area (Å²) in [5, 5.41) is 12.3. The Morgan fingerprint density at radius 1 is 1.30 bits per heavy atom. The normalized spacial score (nSPS) is 11.8. The van der Waals surface area contributed by atoms with Gasteiger partial charge in [0.15, 0.2) is 6.61 Å². The topological polar surface area (TPSA) is 88.5 Å². The molecule has 0 saturated heterocycles. The van der Waals surface area contributed by atoms with Crippen LogP contribution in [0.1, 0.15) is 38.9 Å². The lowest BCUT2D eigenvalue weighted by molar-refractivity contribution is -0.139. The molecule has 1 amide bonds. The van der Waals surface area contributed by atoms with Crippen molar-refractivity contribution >= 4 is 23.2 Å². The number of carboxylic acids is 1. The molecule has 0 aliphatic carbocycles. The fourth-order valence-corrected chi connectivity index (χ4v) is 2.90. The molecule has 0 bridgehead atoms. The maximum Gasteiger partial charge on any atom is 0.341 e. The van der Waals surface area contributed by atoms with Crippen LogP contribution in [-0.4, -0.2) is 28.6 Å². The van der Waals surface area contributed by atoms with Crippen molar-refractivity contribution in [3.63, 3.8) is 0 Å². The second kappa shape index (κ2) is 7.23. The number of aryl methyl sites for hydroxylation is 2. The number of nitrogens with zero attached hydrogens (tertiary/aromatic N) is 1. The molecule has 2 aromatic rings. The van der Waals surface area contributed by atoms with Gasteiger partial charge in [0.1, 0.15) is 11.4 Å². The number of aliphatic carboxylic acids is 1. The Balaban J connectivity index is 2.00. The van der Waals surface area contributed by atoms with Crippen molar-refractivity contribution in [2.45, 2.75) is 26.8 Å². The van der Waals surface area contributed by atoms with Crippen LogP contribution in [-0.2, 0) is 4.79 Å². The highest BCUT2D eigenvalue weighted by Gasteiger charge is 2.17. The Hall–Kier alpha value is -2.41. The van der Waals surface area contributed by atoms with E-state index < -0.39 is 5.97 Å². The minimum absolute atomic E-state index is 0.197. The maximum absolute atomic E-state index is 12.3. The lowest BCUT2D eigenvalue weighted by Gasteiger charge is -2.14. The lowest BCUT2D eigenvalue weighted by Crippen LogP contribution is -2.27. The summed E-state index contributed by atoms with van der Waals surface area (Å²) in [6.07, 6.45) is 0. The van der Waals surface area contributed by atoms with Crippen LogP contribution < -0.4 is 10.1 Å². The molecule has 0 radical (unpaired) electrons. The molecule has 0 saturated carbocycles. The summed E-state index contributed by atoms with van der Waals surface area (Å²) in [4.78, 5) is 27.8. The van der Waals surface area contributed by atoms with Crippen molar-refractivity contribution in [1.29, 1.82) is 0 Å². The molecular weight excluding hydrogens is 316 g/mol. The van der Waals surface area contributed by atoms with E-state index in [-0.39, 0.29) is 18.6 Å². The first-order valence-electron chi connectivity index (χ1n) is 7.06. The van der Waals surface area contributed by atoms with Crippen molar-refractivity contribution < 1.29 is 19.4 Å². The van der Waals surface area contributed by atoms with Crippen LogP contribution in [0.4, 0.5) is 0 Å². The molecule has 1 aromatic carbocycles. The van der Waals surface area contributed by atoms with Crippen LogP contribution >= 0.6 is 11.3 Å². The van der Waals surface area contributed by atoms with Gasteiger partial charge in [-0.3, -0.25) is 4.79 Å². The van der Waals surface area contributed by atoms with E-state index in [4.69, 9.17) is 9.84 Å². The van der Waals surface area contributed by atoms with Gasteiger partial charge in [-0.2, -0.15) is 0 Å². The molecule has 1 atom stereocenters. The molecule has 0 aliphatic rings. The van der Waals surface area contributed by atoms with Crippen molar-refractivity contribution in [1.82, 2.24) is 10.3 Å². The Morgan fingerprint density at radius 3 is 2.48 bits per heavy atom. The molecule has 122 valence electrons. The molecule has 6 nitrogen and oxygen atoms in total. The fourth-order valence-electron chi connectivity index (χ4n) is 2.09. The Morgan fingerprint density at radius 2 is 1.96 bits per heavy atom. The first-order chi connectivity index (χ1) is 10.9. The van der Waals surface area contributed by atoms with E-state index in [9.17, 15) is 9.59 Å². The summed E-state index contributed by atoms with van der Waals surface area (Å²) in [5.41, 5.74) is 1.35. The lowest BCUT2D eigenvalue weighted by atomic mass is 10.1. The predicted molar refractivity (Wildman–Crippen MR) is 87.0 cm³/mol. The van der Waals surface area contributed by atoms with Gasteiger partial charge in [0, 0.05) is 4.88 Å². The van der Waals surface area contributed by atoms with Crippen LogP contribution in [0.25, 0.3) is 0 Å². The second-order valence-electron chi connectivity index (χ2n) is 5.08. The number of carboxylic acid groups (broad SMARTS) is 1. The first kappa shape index (κ1) is 17.0. The van der Waals surface area contributed by atoms with Gasteiger partial charge in [0.05, 0.1) is 11.0 Å². The van der Waals surface area contributed by atoms with E-state index in [1.54, 1.807) is 24.3 Å². The highest BCUT2D eigenvalue weighted by atomic mass is 32.1. The van der Waals surface area contributed by atoms with Gasteiger partial charge in [-0.1, -0.05) is 12.1 Å². The van der Waals surface area contributed by atoms with Crippen molar-refractivity contribution in [3.8, 4) is 5.75 Å². The number of ether oxygens (including phenoxy) is 1. The average Bonchev–Trinajstić information content (AvgIpc) is 2.84. The standard InChI is InChI=1S/C16H18N2O4S/c1-9(17-16(21)15-10(2)23-11(3)18-15)12-4-6-13(7-5-12)22-8-14(19)20/h4-7,9H,8H2,1-3H3,(H,17,21)(H,19,20). The summed E-state index contributed by atoms with van der Waals surface area (Å²) in [6, 6.07) is 6.75. The summed E-state index contributed by atoms with van der Waals surface area (Å²) < 4.78 is 5.08. The van der Waals surface area contributed by atoms with Crippen LogP contribution in [0.2, 0.25) is 0 Å². The van der Waals surface area contributed by atoms with Gasteiger partial charge in [0.25, 0.3) is 5.91 Å². The highest BCUT2D eigenvalue weighted by Crippen LogP contribution is 2.20. The zero-order valence-corrected chi connectivity index (χ0v) is 13.9. The number of aromatic nitrogens is 1. The third kappa shape index (κ3) is 4.53. The summed E-state index contributed by atoms with van der Waals surface area (Å²) in [5.74, 6) is -0.755. The van der Waals surface area contributed by atoms with Crippen molar-refractivity contribution in [2.75, 3.05) is 6.61 Å². The molecule has 0 spiro atoms. The molecule has 2 N–H and O–H groups in total. The van der Waals surface area contributed by atoms with E-state index in [0.29, 0.717) is 11.4 Å². The molecule has 0 aliphatic heterocycles. The number of carbonyl (C=O) groups is 2. The summed E-state index contributed by atoms with van der Waals surface area (Å²) in [7, 11) is 0. The summed E-state index contributed by atoms with van der Waals surface area (Å²) >= 11 is 1.49. The largest absolute Gasteiger partial charge is 0.482 e. The summed E-state index contributed by atoms with van der Waals surface area (Å²) in [6.45, 7) is 5.24. The van der Waals surface area contributed by atoms with Crippen LogP contribution in [0, 0.1) is 13.8 Å². The van der Waals surface area contributed by atoms with Gasteiger partial charge in [-0.15, -0.1) is 11.3 Å². The van der Waals surface area contributed by atoms with Crippen LogP contribution in [0.15, 0.2) is 24.3 Å². The fraction of sp³-hybridized carbons (Fsp3) is 0.312. The van der Waals surface area contributed by atoms with E-state index in [1.807, 2.05) is 20.8 Å². The smallest absolute Gasteiger partial charge is 0.341 e. The predicted octanol–water partition coefficient (Wildman–Crippen LogP) is 2.71. The number of nitrogens with one attached hydrogen (secondary N) is 1. The second-order valence-corrected chi connectivity index (χ2v) is 6.49. The number of hydrogen-bond acceptors (Lipinski definition) is 5. The molecule has 7 heteroatoms. The zero-order valence-electron chi connectivity index (χ0n) is 13.1. The molecule has 2 rings (SSSR count). The molecule has 1 heterocycles. The van der Waals surface area contributed by atoms with Gasteiger partial charge < -0.3 is 15.2 Å². The number of benzene rings is 1. The highest BCUT2D eigenvalue weighted by molar-refractivity contribution is 7.11. The Kier molecular flexibility index (Phi) is 5.33. The van der Waals surface area contributed by atoms with Gasteiger partial charge in [-0.25, -0.2) is 9.78 Å². The number of thiazole rings is 1. The number of hydrogen-bond donors (Lipinski definition) is 2. The van der Waals surface area contributed by atoms with E-state index in [2.05, 4.69) is 10.3 Å². The van der Waals surface area contributed by atoms with Crippen LogP contribution in [0.5, 0.6) is 5.75 Å². The van der Waals surface area contributed by atoms with Crippen LogP contribution in [0.3, 0.4) is 0 Å². The Bertz CT molecular complexity index is 709. The van der Waals surface area contributed by atoms with E-state index in [1.165, 1.54) is 11.3 Å². The minimum atomic E-state index is -1.02.